The number of aryl methyl sites for hydroxylation is 1. The number of benzene rings is 1. The molecule has 0 fully saturated rings. The molecule has 128 valence electrons. The van der Waals surface area contributed by atoms with Crippen molar-refractivity contribution in [2.24, 2.45) is 0 Å². The van der Waals surface area contributed by atoms with Gasteiger partial charge in [0.1, 0.15) is 0 Å². The summed E-state index contributed by atoms with van der Waals surface area (Å²) in [6.07, 6.45) is -1.44. The van der Waals surface area contributed by atoms with Crippen LogP contribution in [0, 0.1) is 6.92 Å². The van der Waals surface area contributed by atoms with Crippen LogP contribution in [-0.2, 0) is 10.2 Å². The van der Waals surface area contributed by atoms with Crippen LogP contribution in [0.3, 0.4) is 0 Å². The molecule has 0 bridgehead atoms. The highest BCUT2D eigenvalue weighted by Crippen LogP contribution is 2.37. The van der Waals surface area contributed by atoms with E-state index in [1.54, 1.807) is 26.8 Å². The lowest BCUT2D eigenvalue weighted by molar-refractivity contribution is 0.102. The van der Waals surface area contributed by atoms with E-state index >= 15 is 0 Å². The molecule has 1 rings (SSSR count). The molecular weight excluding hydrogens is 298 g/mol. The van der Waals surface area contributed by atoms with Crippen molar-refractivity contribution in [1.82, 2.24) is 5.32 Å². The number of hydrogen-bond donors (Lipinski definition) is 1. The molecule has 1 aromatic rings. The SMILES string of the molecule is CCNC(=O)Oc1cc(C(C)(C)C)cc(C)c1OC(=O)OCC. The van der Waals surface area contributed by atoms with Gasteiger partial charge in [-0.05, 0) is 43.4 Å². The van der Waals surface area contributed by atoms with Crippen molar-refractivity contribution in [3.63, 3.8) is 0 Å². The van der Waals surface area contributed by atoms with Gasteiger partial charge in [-0.25, -0.2) is 9.59 Å². The molecule has 0 aliphatic heterocycles. The number of hydrogen-bond acceptors (Lipinski definition) is 5. The first-order valence-electron chi connectivity index (χ1n) is 7.64. The molecule has 0 heterocycles. The fourth-order valence-corrected chi connectivity index (χ4v) is 1.89. The predicted molar refractivity (Wildman–Crippen MR) is 87.2 cm³/mol. The van der Waals surface area contributed by atoms with Crippen LogP contribution in [-0.4, -0.2) is 25.4 Å². The Labute approximate surface area is 137 Å². The van der Waals surface area contributed by atoms with Gasteiger partial charge in [0.2, 0.25) is 0 Å². The number of rotatable bonds is 4. The number of nitrogens with one attached hydrogen (secondary N) is 1. The van der Waals surface area contributed by atoms with Gasteiger partial charge in [0.15, 0.2) is 11.5 Å². The molecule has 0 radical (unpaired) electrons. The van der Waals surface area contributed by atoms with Crippen LogP contribution < -0.4 is 14.8 Å². The van der Waals surface area contributed by atoms with Crippen LogP contribution in [0.2, 0.25) is 0 Å². The third-order valence-electron chi connectivity index (χ3n) is 3.08. The number of ether oxygens (including phenoxy) is 3. The van der Waals surface area contributed by atoms with Gasteiger partial charge in [-0.3, -0.25) is 0 Å². The molecule has 0 spiro atoms. The largest absolute Gasteiger partial charge is 0.513 e. The van der Waals surface area contributed by atoms with Crippen molar-refractivity contribution < 1.29 is 23.8 Å². The average molecular weight is 323 g/mol. The molecular formula is C17H25NO5. The highest BCUT2D eigenvalue weighted by Gasteiger charge is 2.22. The lowest BCUT2D eigenvalue weighted by Gasteiger charge is -2.22. The Morgan fingerprint density at radius 2 is 1.78 bits per heavy atom. The van der Waals surface area contributed by atoms with Gasteiger partial charge in [-0.2, -0.15) is 0 Å². The van der Waals surface area contributed by atoms with Crippen LogP contribution in [0.25, 0.3) is 0 Å². The molecule has 0 aliphatic rings. The Morgan fingerprint density at radius 3 is 2.30 bits per heavy atom. The maximum absolute atomic E-state index is 11.7. The minimum absolute atomic E-state index is 0.146. The second-order valence-corrected chi connectivity index (χ2v) is 6.08. The normalized spacial score (nSPS) is 10.9. The van der Waals surface area contributed by atoms with Gasteiger partial charge >= 0.3 is 12.2 Å². The molecule has 1 N–H and O–H groups in total. The quantitative estimate of drug-likeness (QED) is 0.671. The number of carbonyl (C=O) groups excluding carboxylic acids is 2. The molecule has 1 amide bonds. The fourth-order valence-electron chi connectivity index (χ4n) is 1.89. The average Bonchev–Trinajstić information content (AvgIpc) is 2.41. The molecule has 0 aliphatic carbocycles. The van der Waals surface area contributed by atoms with E-state index in [-0.39, 0.29) is 23.5 Å². The van der Waals surface area contributed by atoms with Crippen LogP contribution in [0.4, 0.5) is 9.59 Å². The predicted octanol–water partition coefficient (Wildman–Crippen LogP) is 3.94. The first kappa shape index (κ1) is 18.8. The first-order valence-corrected chi connectivity index (χ1v) is 7.64. The van der Waals surface area contributed by atoms with E-state index in [4.69, 9.17) is 14.2 Å². The van der Waals surface area contributed by atoms with E-state index in [0.717, 1.165) is 5.56 Å². The van der Waals surface area contributed by atoms with Gasteiger partial charge in [-0.1, -0.05) is 26.8 Å². The van der Waals surface area contributed by atoms with E-state index in [1.807, 2.05) is 26.8 Å². The van der Waals surface area contributed by atoms with Gasteiger partial charge in [0.25, 0.3) is 0 Å². The molecule has 0 atom stereocenters. The fraction of sp³-hybridized carbons (Fsp3) is 0.529. The summed E-state index contributed by atoms with van der Waals surface area (Å²) in [5.41, 5.74) is 1.50. The van der Waals surface area contributed by atoms with E-state index in [2.05, 4.69) is 5.32 Å². The Balaban J connectivity index is 3.24. The Hall–Kier alpha value is -2.24. The van der Waals surface area contributed by atoms with E-state index in [9.17, 15) is 9.59 Å². The molecule has 0 aromatic heterocycles. The third kappa shape index (κ3) is 5.47. The third-order valence-corrected chi connectivity index (χ3v) is 3.08. The van der Waals surface area contributed by atoms with Gasteiger partial charge < -0.3 is 19.5 Å². The maximum atomic E-state index is 11.7. The van der Waals surface area contributed by atoms with Crippen LogP contribution >= 0.6 is 0 Å². The van der Waals surface area contributed by atoms with Crippen molar-refractivity contribution >= 4 is 12.2 Å². The number of carbonyl (C=O) groups is 2. The summed E-state index contributed by atoms with van der Waals surface area (Å²) in [6.45, 7) is 12.0. The first-order chi connectivity index (χ1) is 10.7. The van der Waals surface area contributed by atoms with Gasteiger partial charge in [-0.15, -0.1) is 0 Å². The second kappa shape index (κ2) is 7.85. The molecule has 1 aromatic carbocycles. The minimum Gasteiger partial charge on any atom is -0.434 e. The van der Waals surface area contributed by atoms with Crippen molar-refractivity contribution in [3.8, 4) is 11.5 Å². The van der Waals surface area contributed by atoms with Crippen LogP contribution in [0.1, 0.15) is 45.7 Å². The zero-order valence-electron chi connectivity index (χ0n) is 14.6. The highest BCUT2D eigenvalue weighted by atomic mass is 16.7. The van der Waals surface area contributed by atoms with Crippen LogP contribution in [0.5, 0.6) is 11.5 Å². The highest BCUT2D eigenvalue weighted by molar-refractivity contribution is 5.73. The topological polar surface area (TPSA) is 73.9 Å². The van der Waals surface area contributed by atoms with Crippen molar-refractivity contribution in [3.05, 3.63) is 23.3 Å². The molecule has 6 heteroatoms. The monoisotopic (exact) mass is 323 g/mol. The Bertz CT molecular complexity index is 575. The van der Waals surface area contributed by atoms with E-state index < -0.39 is 12.2 Å². The summed E-state index contributed by atoms with van der Waals surface area (Å²) >= 11 is 0. The van der Waals surface area contributed by atoms with Crippen molar-refractivity contribution in [2.45, 2.75) is 47.0 Å². The van der Waals surface area contributed by atoms with Crippen molar-refractivity contribution in [2.75, 3.05) is 13.2 Å². The summed E-state index contributed by atoms with van der Waals surface area (Å²) in [6, 6.07) is 3.61. The minimum atomic E-state index is -0.833. The van der Waals surface area contributed by atoms with E-state index in [0.29, 0.717) is 12.1 Å². The lowest BCUT2D eigenvalue weighted by atomic mass is 9.86. The Morgan fingerprint density at radius 1 is 1.13 bits per heavy atom. The smallest absolute Gasteiger partial charge is 0.434 e. The summed E-state index contributed by atoms with van der Waals surface area (Å²) in [5.74, 6) is 0.372. The summed E-state index contributed by atoms with van der Waals surface area (Å²) in [7, 11) is 0. The summed E-state index contributed by atoms with van der Waals surface area (Å²) in [5, 5.41) is 2.54. The molecule has 23 heavy (non-hydrogen) atoms. The molecule has 0 saturated carbocycles. The lowest BCUT2D eigenvalue weighted by Crippen LogP contribution is -2.27. The Kier molecular flexibility index (Phi) is 6.42. The summed E-state index contributed by atoms with van der Waals surface area (Å²) in [4.78, 5) is 23.4. The zero-order valence-corrected chi connectivity index (χ0v) is 14.6. The standard InChI is InChI=1S/C17H25NO5/c1-7-18-15(19)22-13-10-12(17(4,5)6)9-11(3)14(13)23-16(20)21-8-2/h9-10H,7-8H2,1-6H3,(H,18,19). The molecule has 6 nitrogen and oxygen atoms in total. The van der Waals surface area contributed by atoms with Gasteiger partial charge in [0, 0.05) is 6.54 Å². The number of amides is 1. The van der Waals surface area contributed by atoms with Crippen molar-refractivity contribution in [1.29, 1.82) is 0 Å². The summed E-state index contributed by atoms with van der Waals surface area (Å²) < 4.78 is 15.3. The molecule has 0 saturated heterocycles. The zero-order chi connectivity index (χ0) is 17.6. The second-order valence-electron chi connectivity index (χ2n) is 6.08. The van der Waals surface area contributed by atoms with Crippen LogP contribution in [0.15, 0.2) is 12.1 Å². The van der Waals surface area contributed by atoms with E-state index in [1.165, 1.54) is 0 Å². The van der Waals surface area contributed by atoms with Gasteiger partial charge in [0.05, 0.1) is 6.61 Å². The molecule has 0 unspecified atom stereocenters. The maximum Gasteiger partial charge on any atom is 0.513 e.